The highest BCUT2D eigenvalue weighted by molar-refractivity contribution is 8.06. The predicted octanol–water partition coefficient (Wildman–Crippen LogP) is 2.80. The summed E-state index contributed by atoms with van der Waals surface area (Å²) in [6, 6.07) is 6.06. The van der Waals surface area contributed by atoms with Gasteiger partial charge < -0.3 is 5.32 Å². The van der Waals surface area contributed by atoms with Gasteiger partial charge in [0.25, 0.3) is 0 Å². The Morgan fingerprint density at radius 2 is 2.16 bits per heavy atom. The first kappa shape index (κ1) is 14.5. The topological polar surface area (TPSA) is 29.1 Å². The van der Waals surface area contributed by atoms with Crippen LogP contribution in [0.3, 0.4) is 0 Å². The number of amides is 1. The highest BCUT2D eigenvalue weighted by atomic mass is 32.2. The Morgan fingerprint density at radius 3 is 2.84 bits per heavy atom. The van der Waals surface area contributed by atoms with Crippen LogP contribution in [-0.4, -0.2) is 35.0 Å². The first-order valence-corrected chi connectivity index (χ1v) is 8.35. The van der Waals surface area contributed by atoms with Gasteiger partial charge in [0.2, 0.25) is 5.91 Å². The van der Waals surface area contributed by atoms with E-state index in [0.29, 0.717) is 11.8 Å². The second-order valence-corrected chi connectivity index (χ2v) is 6.76. The number of hydrogen-bond acceptors (Lipinski definition) is 3. The van der Waals surface area contributed by atoms with E-state index in [1.54, 1.807) is 18.2 Å². The summed E-state index contributed by atoms with van der Waals surface area (Å²) < 4.78 is 12.7. The molecule has 1 aromatic rings. The molecule has 1 fully saturated rings. The molecule has 1 amide bonds. The molecule has 0 aliphatic carbocycles. The summed E-state index contributed by atoms with van der Waals surface area (Å²) in [6.07, 6.45) is 3.19. The first-order valence-electron chi connectivity index (χ1n) is 6.15. The van der Waals surface area contributed by atoms with Gasteiger partial charge in [-0.1, -0.05) is 12.1 Å². The fourth-order valence-corrected chi connectivity index (χ4v) is 4.29. The number of benzene rings is 1. The Morgan fingerprint density at radius 1 is 1.37 bits per heavy atom. The minimum absolute atomic E-state index is 0.0968. The van der Waals surface area contributed by atoms with Crippen molar-refractivity contribution in [1.29, 1.82) is 0 Å². The Bertz CT molecular complexity index is 441. The first-order chi connectivity index (χ1) is 9.24. The predicted molar refractivity (Wildman–Crippen MR) is 82.0 cm³/mol. The van der Waals surface area contributed by atoms with Crippen molar-refractivity contribution in [2.45, 2.75) is 5.25 Å². The largest absolute Gasteiger partial charge is 0.351 e. The summed E-state index contributed by atoms with van der Waals surface area (Å²) in [4.78, 5) is 11.6. The van der Waals surface area contributed by atoms with Gasteiger partial charge in [0.15, 0.2) is 0 Å². The molecule has 2 nitrogen and oxygen atoms in total. The molecule has 0 bridgehead atoms. The highest BCUT2D eigenvalue weighted by Gasteiger charge is 2.14. The van der Waals surface area contributed by atoms with Crippen LogP contribution in [0.4, 0.5) is 4.39 Å². The van der Waals surface area contributed by atoms with Crippen LogP contribution in [0.1, 0.15) is 5.56 Å². The smallest absolute Gasteiger partial charge is 0.244 e. The van der Waals surface area contributed by atoms with Crippen LogP contribution in [0.5, 0.6) is 0 Å². The Kier molecular flexibility index (Phi) is 5.79. The van der Waals surface area contributed by atoms with Gasteiger partial charge >= 0.3 is 0 Å². The molecule has 0 aromatic heterocycles. The summed E-state index contributed by atoms with van der Waals surface area (Å²) in [5, 5.41) is 3.42. The molecule has 1 aromatic carbocycles. The number of thioether (sulfide) groups is 2. The lowest BCUT2D eigenvalue weighted by atomic mass is 10.2. The molecule has 0 radical (unpaired) electrons. The van der Waals surface area contributed by atoms with Crippen molar-refractivity contribution in [2.75, 3.05) is 23.8 Å². The maximum Gasteiger partial charge on any atom is 0.244 e. The summed E-state index contributed by atoms with van der Waals surface area (Å²) in [6.45, 7) is 0.713. The molecule has 1 N–H and O–H groups in total. The maximum absolute atomic E-state index is 12.7. The normalized spacial score (nSPS) is 19.5. The molecule has 1 atom stereocenters. The molecular weight excluding hydrogens is 281 g/mol. The third-order valence-corrected chi connectivity index (χ3v) is 5.53. The van der Waals surface area contributed by atoms with Crippen molar-refractivity contribution in [1.82, 2.24) is 5.32 Å². The fourth-order valence-electron chi connectivity index (χ4n) is 1.67. The van der Waals surface area contributed by atoms with Gasteiger partial charge in [-0.3, -0.25) is 4.79 Å². The van der Waals surface area contributed by atoms with Gasteiger partial charge in [0.05, 0.1) is 0 Å². The number of carbonyl (C=O) groups excluding carboxylic acids is 1. The number of hydrogen-bond donors (Lipinski definition) is 1. The minimum Gasteiger partial charge on any atom is -0.351 e. The summed E-state index contributed by atoms with van der Waals surface area (Å²) in [7, 11) is 0. The zero-order valence-electron chi connectivity index (χ0n) is 10.5. The van der Waals surface area contributed by atoms with Gasteiger partial charge in [0.1, 0.15) is 5.82 Å². The lowest BCUT2D eigenvalue weighted by Gasteiger charge is -2.20. The van der Waals surface area contributed by atoms with Crippen molar-refractivity contribution >= 4 is 35.5 Å². The summed E-state index contributed by atoms with van der Waals surface area (Å²) in [5.41, 5.74) is 0.819. The molecule has 0 spiro atoms. The summed E-state index contributed by atoms with van der Waals surface area (Å²) in [5.74, 6) is 3.11. The van der Waals surface area contributed by atoms with E-state index in [9.17, 15) is 9.18 Å². The summed E-state index contributed by atoms with van der Waals surface area (Å²) >= 11 is 3.86. The Labute approximate surface area is 121 Å². The van der Waals surface area contributed by atoms with E-state index in [1.165, 1.54) is 24.0 Å². The molecule has 5 heteroatoms. The average molecular weight is 297 g/mol. The van der Waals surface area contributed by atoms with Crippen LogP contribution in [-0.2, 0) is 4.79 Å². The van der Waals surface area contributed by atoms with Crippen LogP contribution in [0, 0.1) is 5.82 Å². The molecule has 2 rings (SSSR count). The highest BCUT2D eigenvalue weighted by Crippen LogP contribution is 2.23. The molecule has 19 heavy (non-hydrogen) atoms. The van der Waals surface area contributed by atoms with E-state index in [4.69, 9.17) is 0 Å². The molecule has 102 valence electrons. The molecule has 1 saturated heterocycles. The van der Waals surface area contributed by atoms with Crippen LogP contribution in [0.2, 0.25) is 0 Å². The molecule has 1 aliphatic heterocycles. The van der Waals surface area contributed by atoms with E-state index >= 15 is 0 Å². The quantitative estimate of drug-likeness (QED) is 0.867. The third-order valence-electron chi connectivity index (χ3n) is 2.69. The van der Waals surface area contributed by atoms with Crippen molar-refractivity contribution < 1.29 is 9.18 Å². The molecular formula is C14H16FNOS2. The van der Waals surface area contributed by atoms with Gasteiger partial charge in [-0.15, -0.1) is 0 Å². The van der Waals surface area contributed by atoms with Crippen molar-refractivity contribution in [2.24, 2.45) is 0 Å². The van der Waals surface area contributed by atoms with Crippen molar-refractivity contribution in [3.8, 4) is 0 Å². The van der Waals surface area contributed by atoms with Crippen molar-refractivity contribution in [3.63, 3.8) is 0 Å². The fraction of sp³-hybridized carbons (Fsp3) is 0.357. The molecule has 1 heterocycles. The van der Waals surface area contributed by atoms with Crippen LogP contribution in [0.15, 0.2) is 30.3 Å². The zero-order chi connectivity index (χ0) is 13.5. The zero-order valence-corrected chi connectivity index (χ0v) is 12.1. The second-order valence-electron chi connectivity index (χ2n) is 4.20. The maximum atomic E-state index is 12.7. The SMILES string of the molecule is O=C(C=Cc1ccc(F)cc1)NCC1CSCCS1. The lowest BCUT2D eigenvalue weighted by molar-refractivity contribution is -0.116. The van der Waals surface area contributed by atoms with E-state index < -0.39 is 0 Å². The monoisotopic (exact) mass is 297 g/mol. The van der Waals surface area contributed by atoms with E-state index in [0.717, 1.165) is 17.1 Å². The number of carbonyl (C=O) groups is 1. The number of halogens is 1. The van der Waals surface area contributed by atoms with E-state index in [2.05, 4.69) is 5.32 Å². The molecule has 0 saturated carbocycles. The second kappa shape index (κ2) is 7.60. The van der Waals surface area contributed by atoms with Crippen LogP contribution in [0.25, 0.3) is 6.08 Å². The number of rotatable bonds is 4. The van der Waals surface area contributed by atoms with Gasteiger partial charge in [-0.25, -0.2) is 4.39 Å². The standard InChI is InChI=1S/C14H16FNOS2/c15-12-4-1-11(2-5-12)3-6-14(17)16-9-13-10-18-7-8-19-13/h1-6,13H,7-10H2,(H,16,17). The van der Waals surface area contributed by atoms with Crippen LogP contribution >= 0.6 is 23.5 Å². The average Bonchev–Trinajstić information content (AvgIpc) is 2.45. The number of nitrogens with one attached hydrogen (secondary N) is 1. The minimum atomic E-state index is -0.270. The van der Waals surface area contributed by atoms with Gasteiger partial charge in [-0.2, -0.15) is 23.5 Å². The Balaban J connectivity index is 1.75. The van der Waals surface area contributed by atoms with Gasteiger partial charge in [-0.05, 0) is 23.8 Å². The van der Waals surface area contributed by atoms with Crippen LogP contribution < -0.4 is 5.32 Å². The third kappa shape index (κ3) is 5.28. The van der Waals surface area contributed by atoms with E-state index in [-0.39, 0.29) is 11.7 Å². The lowest BCUT2D eigenvalue weighted by Crippen LogP contribution is -2.32. The molecule has 1 unspecified atom stereocenters. The van der Waals surface area contributed by atoms with Crippen molar-refractivity contribution in [3.05, 3.63) is 41.7 Å². The van der Waals surface area contributed by atoms with Gasteiger partial charge in [0, 0.05) is 35.1 Å². The Hall–Kier alpha value is -0.940. The van der Waals surface area contributed by atoms with E-state index in [1.807, 2.05) is 23.5 Å². The molecule has 1 aliphatic rings.